The summed E-state index contributed by atoms with van der Waals surface area (Å²) in [6.45, 7) is 3.26. The Morgan fingerprint density at radius 2 is 2.37 bits per heavy atom. The number of aryl methyl sites for hydroxylation is 1. The van der Waals surface area contributed by atoms with Crippen LogP contribution >= 0.6 is 15.9 Å². The Morgan fingerprint density at radius 3 is 3.11 bits per heavy atom. The SMILES string of the molecule is Cc1nc2cc(Br)c(NC3CCOC3)cc2c(=O)[nH]1. The van der Waals surface area contributed by atoms with Crippen LogP contribution in [0.1, 0.15) is 12.2 Å². The highest BCUT2D eigenvalue weighted by atomic mass is 79.9. The molecule has 1 unspecified atom stereocenters. The largest absolute Gasteiger partial charge is 0.379 e. The van der Waals surface area contributed by atoms with Crippen molar-refractivity contribution < 1.29 is 4.74 Å². The van der Waals surface area contributed by atoms with E-state index in [2.05, 4.69) is 31.2 Å². The molecule has 0 saturated carbocycles. The molecular weight excluding hydrogens is 310 g/mol. The Hall–Kier alpha value is -1.40. The maximum absolute atomic E-state index is 11.9. The number of hydrogen-bond acceptors (Lipinski definition) is 4. The van der Waals surface area contributed by atoms with Crippen LogP contribution in [0.4, 0.5) is 5.69 Å². The number of halogens is 1. The van der Waals surface area contributed by atoms with Crippen molar-refractivity contribution in [3.05, 3.63) is 32.8 Å². The van der Waals surface area contributed by atoms with E-state index in [-0.39, 0.29) is 5.56 Å². The van der Waals surface area contributed by atoms with Gasteiger partial charge < -0.3 is 15.0 Å². The zero-order chi connectivity index (χ0) is 13.4. The number of aromatic amines is 1. The van der Waals surface area contributed by atoms with Gasteiger partial charge in [-0.15, -0.1) is 0 Å². The first-order valence-electron chi connectivity index (χ1n) is 6.18. The third-order valence-corrected chi connectivity index (χ3v) is 3.86. The van der Waals surface area contributed by atoms with E-state index in [9.17, 15) is 4.79 Å². The minimum Gasteiger partial charge on any atom is -0.379 e. The maximum atomic E-state index is 11.9. The van der Waals surface area contributed by atoms with Crippen LogP contribution in [0.2, 0.25) is 0 Å². The lowest BCUT2D eigenvalue weighted by Gasteiger charge is -2.14. The summed E-state index contributed by atoms with van der Waals surface area (Å²) in [7, 11) is 0. The Kier molecular flexibility index (Phi) is 3.28. The fourth-order valence-corrected chi connectivity index (χ4v) is 2.70. The standard InChI is InChI=1S/C13H14BrN3O2/c1-7-15-11-5-10(14)12(4-9(11)13(18)16-7)17-8-2-3-19-6-8/h4-5,8,17H,2-3,6H2,1H3,(H,15,16,18). The van der Waals surface area contributed by atoms with Gasteiger partial charge in [0.25, 0.3) is 5.56 Å². The van der Waals surface area contributed by atoms with Crippen molar-refractivity contribution in [3.63, 3.8) is 0 Å². The van der Waals surface area contributed by atoms with Crippen LogP contribution in [0, 0.1) is 6.92 Å². The number of hydrogen-bond donors (Lipinski definition) is 2. The van der Waals surface area contributed by atoms with Gasteiger partial charge in [-0.3, -0.25) is 4.79 Å². The van der Waals surface area contributed by atoms with Gasteiger partial charge in [-0.1, -0.05) is 0 Å². The monoisotopic (exact) mass is 323 g/mol. The topological polar surface area (TPSA) is 67.0 Å². The minimum atomic E-state index is -0.110. The van der Waals surface area contributed by atoms with Gasteiger partial charge in [-0.25, -0.2) is 4.98 Å². The van der Waals surface area contributed by atoms with Crippen molar-refractivity contribution in [3.8, 4) is 0 Å². The lowest BCUT2D eigenvalue weighted by Crippen LogP contribution is -2.19. The number of H-pyrrole nitrogens is 1. The van der Waals surface area contributed by atoms with Gasteiger partial charge >= 0.3 is 0 Å². The van der Waals surface area contributed by atoms with Gasteiger partial charge in [0.15, 0.2) is 0 Å². The predicted octanol–water partition coefficient (Wildman–Crippen LogP) is 2.19. The molecule has 100 valence electrons. The van der Waals surface area contributed by atoms with E-state index >= 15 is 0 Å². The van der Waals surface area contributed by atoms with Crippen molar-refractivity contribution >= 4 is 32.5 Å². The van der Waals surface area contributed by atoms with Crippen molar-refractivity contribution in [2.24, 2.45) is 0 Å². The molecule has 1 aliphatic heterocycles. The van der Waals surface area contributed by atoms with Crippen LogP contribution in [-0.2, 0) is 4.74 Å². The minimum absolute atomic E-state index is 0.110. The molecule has 0 spiro atoms. The Bertz CT molecular complexity index is 677. The molecule has 1 aromatic carbocycles. The molecule has 1 aliphatic rings. The molecule has 2 N–H and O–H groups in total. The Balaban J connectivity index is 2.05. The third kappa shape index (κ3) is 2.50. The first-order valence-corrected chi connectivity index (χ1v) is 6.97. The molecule has 1 fully saturated rings. The van der Waals surface area contributed by atoms with Crippen LogP contribution < -0.4 is 10.9 Å². The molecule has 1 aromatic heterocycles. The fraction of sp³-hybridized carbons (Fsp3) is 0.385. The summed E-state index contributed by atoms with van der Waals surface area (Å²) in [6, 6.07) is 4.00. The van der Waals surface area contributed by atoms with Crippen LogP contribution in [0.15, 0.2) is 21.4 Å². The average Bonchev–Trinajstić information content (AvgIpc) is 2.83. The van der Waals surface area contributed by atoms with Gasteiger partial charge in [0, 0.05) is 16.8 Å². The zero-order valence-corrected chi connectivity index (χ0v) is 12.1. The number of ether oxygens (including phenoxy) is 1. The van der Waals surface area contributed by atoms with Crippen LogP contribution in [0.5, 0.6) is 0 Å². The fourth-order valence-electron chi connectivity index (χ4n) is 2.26. The normalized spacial score (nSPS) is 18.9. The van der Waals surface area contributed by atoms with E-state index in [1.165, 1.54) is 0 Å². The summed E-state index contributed by atoms with van der Waals surface area (Å²) in [4.78, 5) is 19.0. The summed E-state index contributed by atoms with van der Waals surface area (Å²) in [5, 5.41) is 3.98. The van der Waals surface area contributed by atoms with Crippen LogP contribution in [0.3, 0.4) is 0 Å². The predicted molar refractivity (Wildman–Crippen MR) is 77.6 cm³/mol. The highest BCUT2D eigenvalue weighted by Crippen LogP contribution is 2.27. The molecule has 19 heavy (non-hydrogen) atoms. The second kappa shape index (κ2) is 4.94. The summed E-state index contributed by atoms with van der Waals surface area (Å²) in [5.74, 6) is 0.620. The second-order valence-corrected chi connectivity index (χ2v) is 5.56. The summed E-state index contributed by atoms with van der Waals surface area (Å²) in [5.41, 5.74) is 1.49. The van der Waals surface area contributed by atoms with Crippen molar-refractivity contribution in [1.29, 1.82) is 0 Å². The molecule has 6 heteroatoms. The third-order valence-electron chi connectivity index (χ3n) is 3.20. The molecule has 0 aliphatic carbocycles. The first kappa shape index (κ1) is 12.6. The number of anilines is 1. The number of fused-ring (bicyclic) bond motifs is 1. The molecule has 0 bridgehead atoms. The Labute approximate surface area is 118 Å². The molecule has 5 nitrogen and oxygen atoms in total. The second-order valence-electron chi connectivity index (χ2n) is 4.71. The molecule has 1 saturated heterocycles. The van der Waals surface area contributed by atoms with Crippen LogP contribution in [-0.4, -0.2) is 29.2 Å². The number of nitrogens with zero attached hydrogens (tertiary/aromatic N) is 1. The molecule has 0 radical (unpaired) electrons. The average molecular weight is 324 g/mol. The van der Waals surface area contributed by atoms with E-state index in [1.54, 1.807) is 6.92 Å². The van der Waals surface area contributed by atoms with E-state index in [1.807, 2.05) is 12.1 Å². The van der Waals surface area contributed by atoms with Gasteiger partial charge in [0.2, 0.25) is 0 Å². The maximum Gasteiger partial charge on any atom is 0.258 e. The summed E-state index contributed by atoms with van der Waals surface area (Å²) in [6.07, 6.45) is 0.979. The van der Waals surface area contributed by atoms with Gasteiger partial charge in [0.1, 0.15) is 5.82 Å². The molecular formula is C13H14BrN3O2. The van der Waals surface area contributed by atoms with E-state index in [0.717, 1.165) is 23.2 Å². The van der Waals surface area contributed by atoms with Crippen molar-refractivity contribution in [2.45, 2.75) is 19.4 Å². The van der Waals surface area contributed by atoms with Crippen LogP contribution in [0.25, 0.3) is 10.9 Å². The van der Waals surface area contributed by atoms with Crippen molar-refractivity contribution in [1.82, 2.24) is 9.97 Å². The molecule has 0 amide bonds. The van der Waals surface area contributed by atoms with E-state index in [4.69, 9.17) is 4.74 Å². The highest BCUT2D eigenvalue weighted by molar-refractivity contribution is 9.10. The summed E-state index contributed by atoms with van der Waals surface area (Å²) < 4.78 is 6.24. The smallest absolute Gasteiger partial charge is 0.258 e. The van der Waals surface area contributed by atoms with Gasteiger partial charge in [-0.2, -0.15) is 0 Å². The quantitative estimate of drug-likeness (QED) is 0.889. The number of nitrogens with one attached hydrogen (secondary N) is 2. The highest BCUT2D eigenvalue weighted by Gasteiger charge is 2.17. The lowest BCUT2D eigenvalue weighted by atomic mass is 10.2. The van der Waals surface area contributed by atoms with Gasteiger partial charge in [0.05, 0.1) is 23.6 Å². The number of benzene rings is 1. The van der Waals surface area contributed by atoms with Crippen molar-refractivity contribution in [2.75, 3.05) is 18.5 Å². The Morgan fingerprint density at radius 1 is 1.53 bits per heavy atom. The molecule has 3 rings (SSSR count). The van der Waals surface area contributed by atoms with Gasteiger partial charge in [-0.05, 0) is 41.4 Å². The lowest BCUT2D eigenvalue weighted by molar-refractivity contribution is 0.195. The first-order chi connectivity index (χ1) is 9.13. The molecule has 2 heterocycles. The zero-order valence-electron chi connectivity index (χ0n) is 10.5. The van der Waals surface area contributed by atoms with E-state index in [0.29, 0.717) is 29.4 Å². The molecule has 2 aromatic rings. The molecule has 1 atom stereocenters. The number of aromatic nitrogens is 2. The van der Waals surface area contributed by atoms with E-state index < -0.39 is 0 Å². The number of rotatable bonds is 2. The summed E-state index contributed by atoms with van der Waals surface area (Å²) >= 11 is 3.52.